The topological polar surface area (TPSA) is 67.2 Å². The summed E-state index contributed by atoms with van der Waals surface area (Å²) in [6.45, 7) is 0. The SMILES string of the molecule is COC(=O)c1ccc(F)c(C#N)c1C=O. The Balaban J connectivity index is 3.50. The number of carbonyl (C=O) groups is 2. The minimum Gasteiger partial charge on any atom is -0.465 e. The number of halogens is 1. The molecule has 0 saturated heterocycles. The van der Waals surface area contributed by atoms with Crippen molar-refractivity contribution in [3.8, 4) is 6.07 Å². The van der Waals surface area contributed by atoms with Crippen molar-refractivity contribution in [2.45, 2.75) is 0 Å². The molecule has 0 fully saturated rings. The van der Waals surface area contributed by atoms with Crippen LogP contribution in [0.25, 0.3) is 0 Å². The van der Waals surface area contributed by atoms with Gasteiger partial charge >= 0.3 is 5.97 Å². The van der Waals surface area contributed by atoms with E-state index in [1.807, 2.05) is 0 Å². The number of nitriles is 1. The Bertz CT molecular complexity index is 462. The number of methoxy groups -OCH3 is 1. The highest BCUT2D eigenvalue weighted by atomic mass is 19.1. The van der Waals surface area contributed by atoms with Crippen LogP contribution in [0.15, 0.2) is 12.1 Å². The zero-order valence-electron chi connectivity index (χ0n) is 7.78. The van der Waals surface area contributed by atoms with Gasteiger partial charge in [-0.1, -0.05) is 0 Å². The average Bonchev–Trinajstić information content (AvgIpc) is 2.27. The second kappa shape index (κ2) is 4.33. The van der Waals surface area contributed by atoms with Crippen LogP contribution in [0.5, 0.6) is 0 Å². The van der Waals surface area contributed by atoms with Gasteiger partial charge in [-0.25, -0.2) is 9.18 Å². The lowest BCUT2D eigenvalue weighted by Crippen LogP contribution is -2.08. The molecule has 0 aliphatic rings. The van der Waals surface area contributed by atoms with Gasteiger partial charge in [-0.05, 0) is 12.1 Å². The fourth-order valence-corrected chi connectivity index (χ4v) is 1.12. The standard InChI is InChI=1S/C10H6FNO3/c1-15-10(14)6-2-3-9(11)7(4-12)8(6)5-13/h2-3,5H,1H3. The number of aldehydes is 1. The molecule has 0 spiro atoms. The highest BCUT2D eigenvalue weighted by molar-refractivity contribution is 5.99. The first-order chi connectivity index (χ1) is 7.15. The Hall–Kier alpha value is -2.22. The van der Waals surface area contributed by atoms with E-state index in [0.717, 1.165) is 19.2 Å². The van der Waals surface area contributed by atoms with E-state index in [9.17, 15) is 14.0 Å². The second-order valence-electron chi connectivity index (χ2n) is 2.60. The Kier molecular flexibility index (Phi) is 3.13. The van der Waals surface area contributed by atoms with Crippen molar-refractivity contribution >= 4 is 12.3 Å². The molecule has 5 heteroatoms. The predicted octanol–water partition coefficient (Wildman–Crippen LogP) is 1.30. The van der Waals surface area contributed by atoms with Crippen LogP contribution >= 0.6 is 0 Å². The summed E-state index contributed by atoms with van der Waals surface area (Å²) in [4.78, 5) is 21.8. The van der Waals surface area contributed by atoms with E-state index in [2.05, 4.69) is 4.74 Å². The predicted molar refractivity (Wildman–Crippen MR) is 47.8 cm³/mol. The minimum atomic E-state index is -0.841. The van der Waals surface area contributed by atoms with Crippen LogP contribution < -0.4 is 0 Å². The number of carbonyl (C=O) groups excluding carboxylic acids is 2. The highest BCUT2D eigenvalue weighted by Crippen LogP contribution is 2.16. The maximum absolute atomic E-state index is 13.1. The molecule has 0 N–H and O–H groups in total. The first kappa shape index (κ1) is 10.9. The van der Waals surface area contributed by atoms with E-state index in [1.54, 1.807) is 0 Å². The van der Waals surface area contributed by atoms with Crippen molar-refractivity contribution in [2.75, 3.05) is 7.11 Å². The maximum atomic E-state index is 13.1. The largest absolute Gasteiger partial charge is 0.465 e. The smallest absolute Gasteiger partial charge is 0.338 e. The van der Waals surface area contributed by atoms with Gasteiger partial charge in [-0.2, -0.15) is 5.26 Å². The summed E-state index contributed by atoms with van der Waals surface area (Å²) in [6, 6.07) is 3.57. The number of benzene rings is 1. The summed E-state index contributed by atoms with van der Waals surface area (Å²) < 4.78 is 17.4. The molecule has 1 aromatic rings. The first-order valence-electron chi connectivity index (χ1n) is 3.91. The summed E-state index contributed by atoms with van der Waals surface area (Å²) in [5.41, 5.74) is -0.859. The molecule has 15 heavy (non-hydrogen) atoms. The van der Waals surface area contributed by atoms with Crippen molar-refractivity contribution < 1.29 is 18.7 Å². The van der Waals surface area contributed by atoms with Crippen LogP contribution in [0.3, 0.4) is 0 Å². The molecule has 1 aromatic carbocycles. The molecular weight excluding hydrogens is 201 g/mol. The van der Waals surface area contributed by atoms with Crippen LogP contribution in [0.4, 0.5) is 4.39 Å². The summed E-state index contributed by atoms with van der Waals surface area (Å²) in [7, 11) is 1.13. The zero-order valence-corrected chi connectivity index (χ0v) is 7.78. The van der Waals surface area contributed by atoms with Gasteiger partial charge in [0, 0.05) is 5.56 Å². The molecule has 0 aliphatic carbocycles. The lowest BCUT2D eigenvalue weighted by Gasteiger charge is -2.04. The van der Waals surface area contributed by atoms with Gasteiger partial charge in [0.25, 0.3) is 0 Å². The van der Waals surface area contributed by atoms with Crippen molar-refractivity contribution in [1.82, 2.24) is 0 Å². The van der Waals surface area contributed by atoms with Crippen molar-refractivity contribution in [2.24, 2.45) is 0 Å². The quantitative estimate of drug-likeness (QED) is 0.541. The zero-order chi connectivity index (χ0) is 11.4. The number of esters is 1. The molecule has 0 aromatic heterocycles. The summed E-state index contributed by atoms with van der Waals surface area (Å²) in [5, 5.41) is 8.61. The molecule has 0 amide bonds. The molecule has 0 radical (unpaired) electrons. The Morgan fingerprint density at radius 2 is 2.27 bits per heavy atom. The monoisotopic (exact) mass is 207 g/mol. The van der Waals surface area contributed by atoms with Crippen LogP contribution in [-0.2, 0) is 4.74 Å². The number of rotatable bonds is 2. The molecule has 0 atom stereocenters. The van der Waals surface area contributed by atoms with E-state index >= 15 is 0 Å². The molecular formula is C10H6FNO3. The van der Waals surface area contributed by atoms with Gasteiger partial charge < -0.3 is 4.74 Å². The molecule has 4 nitrogen and oxygen atoms in total. The van der Waals surface area contributed by atoms with Gasteiger partial charge in [0.05, 0.1) is 18.2 Å². The normalized spacial score (nSPS) is 9.13. The fraction of sp³-hybridized carbons (Fsp3) is 0.100. The Labute approximate surface area is 84.9 Å². The third kappa shape index (κ3) is 1.83. The van der Waals surface area contributed by atoms with Crippen molar-refractivity contribution in [3.63, 3.8) is 0 Å². The lowest BCUT2D eigenvalue weighted by molar-refractivity contribution is 0.0598. The molecule has 0 heterocycles. The van der Waals surface area contributed by atoms with Crippen LogP contribution in [0.2, 0.25) is 0 Å². The summed E-state index contributed by atoms with van der Waals surface area (Å²) in [6.07, 6.45) is 0.258. The van der Waals surface area contributed by atoms with Gasteiger partial charge in [0.2, 0.25) is 0 Å². The fourth-order valence-electron chi connectivity index (χ4n) is 1.12. The summed E-state index contributed by atoms with van der Waals surface area (Å²) in [5.74, 6) is -1.62. The van der Waals surface area contributed by atoms with E-state index in [0.29, 0.717) is 0 Å². The molecule has 0 saturated carbocycles. The second-order valence-corrected chi connectivity index (χ2v) is 2.60. The Morgan fingerprint density at radius 3 is 2.73 bits per heavy atom. The highest BCUT2D eigenvalue weighted by Gasteiger charge is 2.18. The van der Waals surface area contributed by atoms with Crippen LogP contribution in [-0.4, -0.2) is 19.4 Å². The first-order valence-corrected chi connectivity index (χ1v) is 3.91. The van der Waals surface area contributed by atoms with E-state index in [4.69, 9.17) is 5.26 Å². The van der Waals surface area contributed by atoms with Crippen LogP contribution in [0.1, 0.15) is 26.3 Å². The average molecular weight is 207 g/mol. The molecule has 0 aliphatic heterocycles. The van der Waals surface area contributed by atoms with E-state index in [-0.39, 0.29) is 17.4 Å². The van der Waals surface area contributed by atoms with E-state index < -0.39 is 17.3 Å². The lowest BCUT2D eigenvalue weighted by atomic mass is 10.0. The molecule has 76 valence electrons. The molecule has 0 bridgehead atoms. The number of nitrogens with zero attached hydrogens (tertiary/aromatic N) is 1. The van der Waals surface area contributed by atoms with Gasteiger partial charge in [0.15, 0.2) is 6.29 Å². The molecule has 0 unspecified atom stereocenters. The number of ether oxygens (including phenoxy) is 1. The van der Waals surface area contributed by atoms with E-state index in [1.165, 1.54) is 6.07 Å². The maximum Gasteiger partial charge on any atom is 0.338 e. The third-order valence-corrected chi connectivity index (χ3v) is 1.83. The van der Waals surface area contributed by atoms with Crippen LogP contribution in [0, 0.1) is 17.1 Å². The number of hydrogen-bond donors (Lipinski definition) is 0. The van der Waals surface area contributed by atoms with Crippen molar-refractivity contribution in [3.05, 3.63) is 34.6 Å². The Morgan fingerprint density at radius 1 is 1.60 bits per heavy atom. The van der Waals surface area contributed by atoms with Gasteiger partial charge in [-0.15, -0.1) is 0 Å². The van der Waals surface area contributed by atoms with Gasteiger partial charge in [-0.3, -0.25) is 4.79 Å². The number of hydrogen-bond acceptors (Lipinski definition) is 4. The van der Waals surface area contributed by atoms with Gasteiger partial charge in [0.1, 0.15) is 11.9 Å². The third-order valence-electron chi connectivity index (χ3n) is 1.83. The summed E-state index contributed by atoms with van der Waals surface area (Å²) >= 11 is 0. The minimum absolute atomic E-state index is 0.120. The molecule has 1 rings (SSSR count). The van der Waals surface area contributed by atoms with Crippen molar-refractivity contribution in [1.29, 1.82) is 5.26 Å².